The molecule has 1 aromatic rings. The third kappa shape index (κ3) is 4.46. The van der Waals surface area contributed by atoms with E-state index in [1.807, 2.05) is 0 Å². The van der Waals surface area contributed by atoms with Crippen molar-refractivity contribution in [2.24, 2.45) is 0 Å². The van der Waals surface area contributed by atoms with Crippen LogP contribution in [-0.2, 0) is 4.74 Å². The molecule has 1 aromatic heterocycles. The zero-order valence-corrected chi connectivity index (χ0v) is 10.4. The summed E-state index contributed by atoms with van der Waals surface area (Å²) in [5, 5.41) is 14.5. The first-order valence-corrected chi connectivity index (χ1v) is 6.28. The highest BCUT2D eigenvalue weighted by Gasteiger charge is 2.12. The highest BCUT2D eigenvalue weighted by Crippen LogP contribution is 2.08. The van der Waals surface area contributed by atoms with Crippen LogP contribution in [0.1, 0.15) is 12.8 Å². The Morgan fingerprint density at radius 1 is 1.35 bits per heavy atom. The lowest BCUT2D eigenvalue weighted by Gasteiger charge is -2.22. The first-order valence-electron chi connectivity index (χ1n) is 5.90. The molecule has 0 atom stereocenters. The van der Waals surface area contributed by atoms with Crippen molar-refractivity contribution in [3.05, 3.63) is 17.3 Å². The standard InChI is InChI=1S/C11H17ClN4O/c12-10-1-2-11(16-15-10)14-7-8-17-9-3-5-13-6-4-9/h1-2,9,13H,3-8H2,(H,14,16). The van der Waals surface area contributed by atoms with Gasteiger partial charge in [-0.3, -0.25) is 0 Å². The maximum Gasteiger partial charge on any atom is 0.151 e. The van der Waals surface area contributed by atoms with Gasteiger partial charge in [0.05, 0.1) is 12.7 Å². The number of ether oxygens (including phenoxy) is 1. The van der Waals surface area contributed by atoms with Crippen LogP contribution in [0.15, 0.2) is 12.1 Å². The number of piperidine rings is 1. The van der Waals surface area contributed by atoms with Gasteiger partial charge < -0.3 is 15.4 Å². The molecule has 0 unspecified atom stereocenters. The lowest BCUT2D eigenvalue weighted by Crippen LogP contribution is -2.33. The Bertz CT molecular complexity index is 327. The van der Waals surface area contributed by atoms with E-state index in [0.717, 1.165) is 38.3 Å². The van der Waals surface area contributed by atoms with E-state index in [2.05, 4.69) is 20.8 Å². The summed E-state index contributed by atoms with van der Waals surface area (Å²) in [5.74, 6) is 0.725. The van der Waals surface area contributed by atoms with Crippen molar-refractivity contribution in [3.8, 4) is 0 Å². The second kappa shape index (κ2) is 6.74. The zero-order chi connectivity index (χ0) is 11.9. The summed E-state index contributed by atoms with van der Waals surface area (Å²) in [5.41, 5.74) is 0. The van der Waals surface area contributed by atoms with E-state index in [-0.39, 0.29) is 0 Å². The van der Waals surface area contributed by atoms with E-state index in [9.17, 15) is 0 Å². The quantitative estimate of drug-likeness (QED) is 0.778. The topological polar surface area (TPSA) is 59.1 Å². The minimum absolute atomic E-state index is 0.398. The summed E-state index contributed by atoms with van der Waals surface area (Å²) in [7, 11) is 0. The average Bonchev–Trinajstić information content (AvgIpc) is 2.38. The predicted octanol–water partition coefficient (Wildman–Crippen LogP) is 1.31. The molecule has 5 nitrogen and oxygen atoms in total. The summed E-state index contributed by atoms with van der Waals surface area (Å²) in [6.07, 6.45) is 2.59. The fourth-order valence-electron chi connectivity index (χ4n) is 1.78. The Morgan fingerprint density at radius 3 is 2.88 bits per heavy atom. The first kappa shape index (κ1) is 12.5. The van der Waals surface area contributed by atoms with E-state index in [0.29, 0.717) is 17.9 Å². The van der Waals surface area contributed by atoms with Crippen LogP contribution in [0, 0.1) is 0 Å². The first-order chi connectivity index (χ1) is 8.34. The molecule has 1 fully saturated rings. The molecule has 2 rings (SSSR count). The summed E-state index contributed by atoms with van der Waals surface area (Å²) in [6, 6.07) is 3.52. The number of nitrogens with zero attached hydrogens (tertiary/aromatic N) is 2. The molecule has 1 aliphatic heterocycles. The SMILES string of the molecule is Clc1ccc(NCCOC2CCNCC2)nn1. The molecule has 0 spiro atoms. The fourth-order valence-corrected chi connectivity index (χ4v) is 1.88. The van der Waals surface area contributed by atoms with Gasteiger partial charge in [-0.2, -0.15) is 0 Å². The summed E-state index contributed by atoms with van der Waals surface area (Å²) < 4.78 is 5.75. The largest absolute Gasteiger partial charge is 0.376 e. The molecule has 0 aliphatic carbocycles. The van der Waals surface area contributed by atoms with E-state index >= 15 is 0 Å². The fraction of sp³-hybridized carbons (Fsp3) is 0.636. The lowest BCUT2D eigenvalue weighted by atomic mass is 10.1. The second-order valence-electron chi connectivity index (χ2n) is 3.99. The number of rotatable bonds is 5. The van der Waals surface area contributed by atoms with Gasteiger partial charge >= 0.3 is 0 Å². The maximum atomic E-state index is 5.75. The van der Waals surface area contributed by atoms with Gasteiger partial charge in [-0.05, 0) is 38.1 Å². The van der Waals surface area contributed by atoms with Crippen molar-refractivity contribution in [1.82, 2.24) is 15.5 Å². The van der Waals surface area contributed by atoms with Crippen molar-refractivity contribution in [2.45, 2.75) is 18.9 Å². The van der Waals surface area contributed by atoms with Gasteiger partial charge in [-0.1, -0.05) is 11.6 Å². The van der Waals surface area contributed by atoms with Crippen molar-refractivity contribution in [1.29, 1.82) is 0 Å². The maximum absolute atomic E-state index is 5.75. The molecule has 2 N–H and O–H groups in total. The van der Waals surface area contributed by atoms with Crippen LogP contribution in [0.5, 0.6) is 0 Å². The number of aromatic nitrogens is 2. The minimum atomic E-state index is 0.398. The van der Waals surface area contributed by atoms with E-state index < -0.39 is 0 Å². The van der Waals surface area contributed by atoms with E-state index in [1.165, 1.54) is 0 Å². The Kier molecular flexibility index (Phi) is 4.97. The number of anilines is 1. The van der Waals surface area contributed by atoms with Crippen molar-refractivity contribution < 1.29 is 4.74 Å². The molecule has 17 heavy (non-hydrogen) atoms. The van der Waals surface area contributed by atoms with Gasteiger partial charge in [-0.25, -0.2) is 0 Å². The van der Waals surface area contributed by atoms with Gasteiger partial charge in [0.15, 0.2) is 5.15 Å². The normalized spacial score (nSPS) is 17.0. The highest BCUT2D eigenvalue weighted by molar-refractivity contribution is 6.29. The van der Waals surface area contributed by atoms with Crippen LogP contribution in [-0.4, -0.2) is 42.5 Å². The van der Waals surface area contributed by atoms with Crippen molar-refractivity contribution in [2.75, 3.05) is 31.6 Å². The molecule has 0 radical (unpaired) electrons. The van der Waals surface area contributed by atoms with Crippen LogP contribution in [0.4, 0.5) is 5.82 Å². The average molecular weight is 257 g/mol. The van der Waals surface area contributed by atoms with Gasteiger partial charge in [0, 0.05) is 6.54 Å². The molecular formula is C11H17ClN4O. The summed E-state index contributed by atoms with van der Waals surface area (Å²) >= 11 is 5.64. The van der Waals surface area contributed by atoms with Gasteiger partial charge in [-0.15, -0.1) is 10.2 Å². The molecular weight excluding hydrogens is 240 g/mol. The monoisotopic (exact) mass is 256 g/mol. The van der Waals surface area contributed by atoms with Crippen molar-refractivity contribution in [3.63, 3.8) is 0 Å². The summed E-state index contributed by atoms with van der Waals surface area (Å²) in [6.45, 7) is 3.54. The van der Waals surface area contributed by atoms with Gasteiger partial charge in [0.2, 0.25) is 0 Å². The predicted molar refractivity (Wildman–Crippen MR) is 67.4 cm³/mol. The van der Waals surface area contributed by atoms with Crippen LogP contribution in [0.3, 0.4) is 0 Å². The molecule has 0 aromatic carbocycles. The Labute approximate surface area is 106 Å². The number of nitrogens with one attached hydrogen (secondary N) is 2. The Morgan fingerprint density at radius 2 is 2.18 bits per heavy atom. The van der Waals surface area contributed by atoms with Crippen molar-refractivity contribution >= 4 is 17.4 Å². The molecule has 2 heterocycles. The third-order valence-electron chi connectivity index (χ3n) is 2.68. The Hall–Kier alpha value is -0.910. The smallest absolute Gasteiger partial charge is 0.151 e. The number of halogens is 1. The van der Waals surface area contributed by atoms with Gasteiger partial charge in [0.1, 0.15) is 5.82 Å². The number of hydrogen-bond acceptors (Lipinski definition) is 5. The molecule has 1 aliphatic rings. The highest BCUT2D eigenvalue weighted by atomic mass is 35.5. The third-order valence-corrected chi connectivity index (χ3v) is 2.88. The van der Waals surface area contributed by atoms with Crippen LogP contribution < -0.4 is 10.6 Å². The van der Waals surface area contributed by atoms with E-state index in [1.54, 1.807) is 12.1 Å². The van der Waals surface area contributed by atoms with Crippen LogP contribution >= 0.6 is 11.6 Å². The number of hydrogen-bond donors (Lipinski definition) is 2. The lowest BCUT2D eigenvalue weighted by molar-refractivity contribution is 0.0394. The summed E-state index contributed by atoms with van der Waals surface area (Å²) in [4.78, 5) is 0. The molecule has 94 valence electrons. The molecule has 0 amide bonds. The second-order valence-corrected chi connectivity index (χ2v) is 4.38. The zero-order valence-electron chi connectivity index (χ0n) is 9.66. The molecule has 0 saturated carbocycles. The van der Waals surface area contributed by atoms with E-state index in [4.69, 9.17) is 16.3 Å². The molecule has 6 heteroatoms. The Balaban J connectivity index is 1.60. The minimum Gasteiger partial charge on any atom is -0.376 e. The van der Waals surface area contributed by atoms with Crippen LogP contribution in [0.2, 0.25) is 5.15 Å². The van der Waals surface area contributed by atoms with Crippen LogP contribution in [0.25, 0.3) is 0 Å². The molecule has 1 saturated heterocycles. The van der Waals surface area contributed by atoms with Gasteiger partial charge in [0.25, 0.3) is 0 Å². The molecule has 0 bridgehead atoms.